The first-order valence-corrected chi connectivity index (χ1v) is 6.91. The zero-order chi connectivity index (χ0) is 11.8. The zero-order valence-electron chi connectivity index (χ0n) is 11.1. The molecule has 3 nitrogen and oxygen atoms in total. The third kappa shape index (κ3) is 5.28. The second-order valence-electron chi connectivity index (χ2n) is 5.18. The van der Waals surface area contributed by atoms with Crippen LogP contribution in [0.1, 0.15) is 33.1 Å². The molecular weight excluding hydrogens is 198 g/mol. The maximum atomic E-state index is 5.54. The Kier molecular flexibility index (Phi) is 7.01. The molecule has 0 radical (unpaired) electrons. The summed E-state index contributed by atoms with van der Waals surface area (Å²) in [6, 6.07) is 0. The van der Waals surface area contributed by atoms with E-state index in [4.69, 9.17) is 5.73 Å². The van der Waals surface area contributed by atoms with Crippen molar-refractivity contribution >= 4 is 0 Å². The molecule has 1 atom stereocenters. The SMILES string of the molecule is CCCN1CCN(CC(C)CCCN)CC1. The third-order valence-corrected chi connectivity index (χ3v) is 3.48. The highest BCUT2D eigenvalue weighted by molar-refractivity contribution is 4.73. The van der Waals surface area contributed by atoms with Gasteiger partial charge in [0.1, 0.15) is 0 Å². The lowest BCUT2D eigenvalue weighted by Gasteiger charge is -2.35. The topological polar surface area (TPSA) is 32.5 Å². The highest BCUT2D eigenvalue weighted by Gasteiger charge is 2.17. The van der Waals surface area contributed by atoms with Crippen molar-refractivity contribution in [1.82, 2.24) is 9.80 Å². The van der Waals surface area contributed by atoms with Crippen molar-refractivity contribution in [2.75, 3.05) is 45.8 Å². The molecule has 2 N–H and O–H groups in total. The Bertz CT molecular complexity index is 165. The van der Waals surface area contributed by atoms with Crippen LogP contribution >= 0.6 is 0 Å². The molecule has 0 aromatic rings. The lowest BCUT2D eigenvalue weighted by molar-refractivity contribution is 0.118. The van der Waals surface area contributed by atoms with E-state index >= 15 is 0 Å². The summed E-state index contributed by atoms with van der Waals surface area (Å²) in [5.41, 5.74) is 5.54. The minimum absolute atomic E-state index is 0.807. The summed E-state index contributed by atoms with van der Waals surface area (Å²) in [5, 5.41) is 0. The Morgan fingerprint density at radius 2 is 1.75 bits per heavy atom. The van der Waals surface area contributed by atoms with Crippen molar-refractivity contribution in [3.8, 4) is 0 Å². The first-order valence-electron chi connectivity index (χ1n) is 6.91. The number of hydrogen-bond donors (Lipinski definition) is 1. The summed E-state index contributed by atoms with van der Waals surface area (Å²) in [5.74, 6) is 0.807. The Hall–Kier alpha value is -0.120. The molecule has 0 aliphatic carbocycles. The van der Waals surface area contributed by atoms with Crippen LogP contribution in [0.5, 0.6) is 0 Å². The fourth-order valence-electron chi connectivity index (χ4n) is 2.51. The molecule has 0 amide bonds. The summed E-state index contributed by atoms with van der Waals surface area (Å²) in [7, 11) is 0. The van der Waals surface area contributed by atoms with Crippen LogP contribution in [0.2, 0.25) is 0 Å². The molecule has 1 heterocycles. The highest BCUT2D eigenvalue weighted by Crippen LogP contribution is 2.10. The van der Waals surface area contributed by atoms with Crippen molar-refractivity contribution in [3.63, 3.8) is 0 Å². The first-order chi connectivity index (χ1) is 7.76. The monoisotopic (exact) mass is 227 g/mol. The van der Waals surface area contributed by atoms with Gasteiger partial charge in [-0.25, -0.2) is 0 Å². The van der Waals surface area contributed by atoms with E-state index in [9.17, 15) is 0 Å². The van der Waals surface area contributed by atoms with Gasteiger partial charge in [-0.15, -0.1) is 0 Å². The van der Waals surface area contributed by atoms with Crippen LogP contribution in [0.4, 0.5) is 0 Å². The summed E-state index contributed by atoms with van der Waals surface area (Å²) in [6.45, 7) is 13.0. The predicted molar refractivity (Wildman–Crippen MR) is 70.6 cm³/mol. The number of hydrogen-bond acceptors (Lipinski definition) is 3. The molecule has 1 aliphatic rings. The quantitative estimate of drug-likeness (QED) is 0.713. The van der Waals surface area contributed by atoms with Crippen molar-refractivity contribution in [2.24, 2.45) is 11.7 Å². The summed E-state index contributed by atoms with van der Waals surface area (Å²) in [6.07, 6.45) is 3.75. The lowest BCUT2D eigenvalue weighted by Crippen LogP contribution is -2.47. The van der Waals surface area contributed by atoms with Gasteiger partial charge in [-0.3, -0.25) is 0 Å². The summed E-state index contributed by atoms with van der Waals surface area (Å²) in [4.78, 5) is 5.20. The normalized spacial score (nSPS) is 21.2. The molecule has 16 heavy (non-hydrogen) atoms. The van der Waals surface area contributed by atoms with E-state index in [1.807, 2.05) is 0 Å². The van der Waals surface area contributed by atoms with E-state index in [1.54, 1.807) is 0 Å². The average molecular weight is 227 g/mol. The molecule has 1 rings (SSSR count). The van der Waals surface area contributed by atoms with E-state index < -0.39 is 0 Å². The smallest absolute Gasteiger partial charge is 0.0110 e. The van der Waals surface area contributed by atoms with E-state index in [1.165, 1.54) is 58.5 Å². The van der Waals surface area contributed by atoms with Gasteiger partial charge in [-0.1, -0.05) is 13.8 Å². The number of piperazine rings is 1. The van der Waals surface area contributed by atoms with Gasteiger partial charge in [0.25, 0.3) is 0 Å². The zero-order valence-corrected chi connectivity index (χ0v) is 11.1. The molecule has 1 aliphatic heterocycles. The van der Waals surface area contributed by atoms with E-state index in [2.05, 4.69) is 23.6 Å². The largest absolute Gasteiger partial charge is 0.330 e. The third-order valence-electron chi connectivity index (χ3n) is 3.48. The molecule has 3 heteroatoms. The van der Waals surface area contributed by atoms with Crippen LogP contribution in [0.15, 0.2) is 0 Å². The second-order valence-corrected chi connectivity index (χ2v) is 5.18. The van der Waals surface area contributed by atoms with Gasteiger partial charge in [-0.05, 0) is 38.3 Å². The molecule has 96 valence electrons. The maximum absolute atomic E-state index is 5.54. The molecule has 0 spiro atoms. The highest BCUT2D eigenvalue weighted by atomic mass is 15.3. The van der Waals surface area contributed by atoms with Gasteiger partial charge >= 0.3 is 0 Å². The number of rotatable bonds is 7. The standard InChI is InChI=1S/C13H29N3/c1-3-7-15-8-10-16(11-9-15)12-13(2)5-4-6-14/h13H,3-12,14H2,1-2H3. The Balaban J connectivity index is 2.11. The molecule has 1 saturated heterocycles. The second kappa shape index (κ2) is 8.04. The van der Waals surface area contributed by atoms with Crippen LogP contribution in [0.3, 0.4) is 0 Å². The molecule has 0 aromatic carbocycles. The molecular formula is C13H29N3. The van der Waals surface area contributed by atoms with E-state index in [-0.39, 0.29) is 0 Å². The fraction of sp³-hybridized carbons (Fsp3) is 1.00. The Morgan fingerprint density at radius 3 is 2.31 bits per heavy atom. The molecule has 0 saturated carbocycles. The van der Waals surface area contributed by atoms with Gasteiger partial charge in [0, 0.05) is 32.7 Å². The Labute approximate surface area is 101 Å². The van der Waals surface area contributed by atoms with Crippen LogP contribution in [0, 0.1) is 5.92 Å². The van der Waals surface area contributed by atoms with Gasteiger partial charge in [-0.2, -0.15) is 0 Å². The number of nitrogens with two attached hydrogens (primary N) is 1. The van der Waals surface area contributed by atoms with Crippen molar-refractivity contribution in [1.29, 1.82) is 0 Å². The molecule has 0 bridgehead atoms. The van der Waals surface area contributed by atoms with Crippen LogP contribution < -0.4 is 5.73 Å². The van der Waals surface area contributed by atoms with Gasteiger partial charge in [0.2, 0.25) is 0 Å². The summed E-state index contributed by atoms with van der Waals surface area (Å²) < 4.78 is 0. The van der Waals surface area contributed by atoms with E-state index in [0.717, 1.165) is 12.5 Å². The number of nitrogens with zero attached hydrogens (tertiary/aromatic N) is 2. The van der Waals surface area contributed by atoms with Crippen LogP contribution in [-0.2, 0) is 0 Å². The molecule has 0 aromatic heterocycles. The average Bonchev–Trinajstić information content (AvgIpc) is 2.29. The fourth-order valence-corrected chi connectivity index (χ4v) is 2.51. The molecule has 1 unspecified atom stereocenters. The van der Waals surface area contributed by atoms with Gasteiger partial charge < -0.3 is 15.5 Å². The lowest BCUT2D eigenvalue weighted by atomic mass is 10.0. The summed E-state index contributed by atoms with van der Waals surface area (Å²) >= 11 is 0. The predicted octanol–water partition coefficient (Wildman–Crippen LogP) is 1.39. The minimum atomic E-state index is 0.807. The Morgan fingerprint density at radius 1 is 1.12 bits per heavy atom. The van der Waals surface area contributed by atoms with Crippen LogP contribution in [0.25, 0.3) is 0 Å². The van der Waals surface area contributed by atoms with Crippen molar-refractivity contribution in [3.05, 3.63) is 0 Å². The van der Waals surface area contributed by atoms with E-state index in [0.29, 0.717) is 0 Å². The minimum Gasteiger partial charge on any atom is -0.330 e. The van der Waals surface area contributed by atoms with Gasteiger partial charge in [0.15, 0.2) is 0 Å². The van der Waals surface area contributed by atoms with Gasteiger partial charge in [0.05, 0.1) is 0 Å². The van der Waals surface area contributed by atoms with Crippen LogP contribution in [-0.4, -0.2) is 55.6 Å². The maximum Gasteiger partial charge on any atom is 0.0110 e. The first kappa shape index (κ1) is 13.9. The molecule has 1 fully saturated rings. The van der Waals surface area contributed by atoms with Crippen molar-refractivity contribution < 1.29 is 0 Å². The van der Waals surface area contributed by atoms with Crippen molar-refractivity contribution in [2.45, 2.75) is 33.1 Å².